The van der Waals surface area contributed by atoms with Gasteiger partial charge in [0.15, 0.2) is 5.13 Å². The second kappa shape index (κ2) is 7.46. The van der Waals surface area contributed by atoms with Crippen molar-refractivity contribution in [2.24, 2.45) is 0 Å². The van der Waals surface area contributed by atoms with Crippen LogP contribution in [-0.4, -0.2) is 31.6 Å². The van der Waals surface area contributed by atoms with Crippen molar-refractivity contribution in [1.29, 1.82) is 0 Å². The van der Waals surface area contributed by atoms with E-state index >= 15 is 0 Å². The van der Waals surface area contributed by atoms with Crippen LogP contribution in [0.2, 0.25) is 0 Å². The van der Waals surface area contributed by atoms with Gasteiger partial charge >= 0.3 is 0 Å². The van der Waals surface area contributed by atoms with Crippen LogP contribution in [0.25, 0.3) is 10.2 Å². The molecule has 138 valence electrons. The fourth-order valence-electron chi connectivity index (χ4n) is 2.46. The number of fused-ring (bicyclic) bond motifs is 1. The average Bonchev–Trinajstić information content (AvgIpc) is 3.19. The van der Waals surface area contributed by atoms with Crippen LogP contribution < -0.4 is 10.0 Å². The van der Waals surface area contributed by atoms with E-state index in [1.807, 2.05) is 19.1 Å². The fourth-order valence-corrected chi connectivity index (χ4v) is 4.20. The van der Waals surface area contributed by atoms with Gasteiger partial charge in [0, 0.05) is 18.0 Å². The van der Waals surface area contributed by atoms with Gasteiger partial charge in [-0.3, -0.25) is 9.52 Å². The minimum atomic E-state index is -3.38. The number of anilines is 1. The first-order chi connectivity index (χ1) is 12.3. The van der Waals surface area contributed by atoms with E-state index < -0.39 is 10.0 Å². The molecule has 0 aliphatic rings. The third-order valence-corrected chi connectivity index (χ3v) is 5.33. The summed E-state index contributed by atoms with van der Waals surface area (Å²) in [5, 5.41) is 3.24. The van der Waals surface area contributed by atoms with Gasteiger partial charge in [-0.1, -0.05) is 11.3 Å². The lowest BCUT2D eigenvalue weighted by Gasteiger charge is -2.13. The zero-order valence-corrected chi connectivity index (χ0v) is 16.0. The van der Waals surface area contributed by atoms with Crippen molar-refractivity contribution in [2.75, 3.05) is 11.0 Å². The standard InChI is InChI=1S/C17H19N3O4S2/c1-11(5-7-13-4-3-9-24-13)18-16(21)12-6-8-14-15(10-12)25-17(19-14)20-26(2,22)23/h3-4,6,8-11H,5,7H2,1-2H3,(H,18,21)(H,19,20). The summed E-state index contributed by atoms with van der Waals surface area (Å²) in [6.45, 7) is 1.94. The van der Waals surface area contributed by atoms with Gasteiger partial charge in [0.05, 0.1) is 22.7 Å². The molecule has 2 heterocycles. The van der Waals surface area contributed by atoms with Gasteiger partial charge in [-0.15, -0.1) is 0 Å². The van der Waals surface area contributed by atoms with Gasteiger partial charge in [0.2, 0.25) is 10.0 Å². The van der Waals surface area contributed by atoms with Crippen LogP contribution in [0.15, 0.2) is 41.0 Å². The highest BCUT2D eigenvalue weighted by Gasteiger charge is 2.13. The number of carbonyl (C=O) groups excluding carboxylic acids is 1. The molecule has 3 rings (SSSR count). The Bertz CT molecular complexity index is 1010. The zero-order valence-electron chi connectivity index (χ0n) is 14.4. The number of nitrogens with zero attached hydrogens (tertiary/aromatic N) is 1. The minimum absolute atomic E-state index is 0.00720. The molecule has 0 bridgehead atoms. The highest BCUT2D eigenvalue weighted by molar-refractivity contribution is 7.92. The summed E-state index contributed by atoms with van der Waals surface area (Å²) in [5.41, 5.74) is 1.15. The Labute approximate surface area is 155 Å². The highest BCUT2D eigenvalue weighted by Crippen LogP contribution is 2.27. The fraction of sp³-hybridized carbons (Fsp3) is 0.294. The Kier molecular flexibility index (Phi) is 5.28. The molecule has 2 aromatic heterocycles. The third kappa shape index (κ3) is 4.83. The van der Waals surface area contributed by atoms with E-state index in [1.165, 1.54) is 11.3 Å². The number of rotatable bonds is 7. The van der Waals surface area contributed by atoms with Crippen LogP contribution in [0.4, 0.5) is 5.13 Å². The summed E-state index contributed by atoms with van der Waals surface area (Å²) in [6.07, 6.45) is 4.23. The molecule has 0 radical (unpaired) electrons. The number of nitrogens with one attached hydrogen (secondary N) is 2. The summed E-state index contributed by atoms with van der Waals surface area (Å²) in [7, 11) is -3.38. The summed E-state index contributed by atoms with van der Waals surface area (Å²) in [4.78, 5) is 16.6. The Balaban J connectivity index is 1.65. The van der Waals surface area contributed by atoms with Gasteiger partial charge in [0.25, 0.3) is 5.91 Å². The normalized spacial score (nSPS) is 12.8. The maximum atomic E-state index is 12.4. The van der Waals surface area contributed by atoms with Crippen LogP contribution >= 0.6 is 11.3 Å². The summed E-state index contributed by atoms with van der Waals surface area (Å²) in [6, 6.07) is 8.86. The van der Waals surface area contributed by atoms with Crippen molar-refractivity contribution in [1.82, 2.24) is 10.3 Å². The topological polar surface area (TPSA) is 101 Å². The number of hydrogen-bond donors (Lipinski definition) is 2. The molecule has 1 aromatic carbocycles. The number of hydrogen-bond acceptors (Lipinski definition) is 6. The molecule has 1 amide bonds. The van der Waals surface area contributed by atoms with Crippen LogP contribution in [-0.2, 0) is 16.4 Å². The zero-order chi connectivity index (χ0) is 18.7. The van der Waals surface area contributed by atoms with Gasteiger partial charge < -0.3 is 9.73 Å². The van der Waals surface area contributed by atoms with E-state index in [0.29, 0.717) is 11.1 Å². The molecule has 0 fully saturated rings. The maximum Gasteiger partial charge on any atom is 0.251 e. The molecule has 1 unspecified atom stereocenters. The Morgan fingerprint density at radius 2 is 2.15 bits per heavy atom. The van der Waals surface area contributed by atoms with Crippen molar-refractivity contribution in [3.05, 3.63) is 47.9 Å². The van der Waals surface area contributed by atoms with E-state index in [2.05, 4.69) is 15.0 Å². The number of carbonyl (C=O) groups is 1. The quantitative estimate of drug-likeness (QED) is 0.642. The molecule has 26 heavy (non-hydrogen) atoms. The van der Waals surface area contributed by atoms with Crippen molar-refractivity contribution in [3.8, 4) is 0 Å². The first kappa shape index (κ1) is 18.4. The van der Waals surface area contributed by atoms with Crippen molar-refractivity contribution >= 4 is 42.6 Å². The molecule has 2 N–H and O–H groups in total. The lowest BCUT2D eigenvalue weighted by atomic mass is 10.1. The van der Waals surface area contributed by atoms with Crippen LogP contribution in [0.1, 0.15) is 29.5 Å². The van der Waals surface area contributed by atoms with Crippen LogP contribution in [0.3, 0.4) is 0 Å². The minimum Gasteiger partial charge on any atom is -0.469 e. The molecule has 1 atom stereocenters. The number of benzene rings is 1. The number of thiazole rings is 1. The largest absolute Gasteiger partial charge is 0.469 e. The number of furan rings is 1. The lowest BCUT2D eigenvalue weighted by molar-refractivity contribution is 0.0938. The number of amides is 1. The maximum absolute atomic E-state index is 12.4. The molecular weight excluding hydrogens is 374 g/mol. The lowest BCUT2D eigenvalue weighted by Crippen LogP contribution is -2.32. The van der Waals surface area contributed by atoms with Crippen molar-refractivity contribution < 1.29 is 17.6 Å². The molecular formula is C17H19N3O4S2. The highest BCUT2D eigenvalue weighted by atomic mass is 32.2. The summed E-state index contributed by atoms with van der Waals surface area (Å²) < 4.78 is 31.0. The second-order valence-electron chi connectivity index (χ2n) is 6.07. The van der Waals surface area contributed by atoms with Crippen molar-refractivity contribution in [2.45, 2.75) is 25.8 Å². The third-order valence-electron chi connectivity index (χ3n) is 3.70. The number of aromatic nitrogens is 1. The Morgan fingerprint density at radius 3 is 2.85 bits per heavy atom. The molecule has 0 spiro atoms. The van der Waals surface area contributed by atoms with Crippen molar-refractivity contribution in [3.63, 3.8) is 0 Å². The van der Waals surface area contributed by atoms with E-state index in [1.54, 1.807) is 24.5 Å². The van der Waals surface area contributed by atoms with E-state index in [0.717, 1.165) is 29.6 Å². The van der Waals surface area contributed by atoms with Gasteiger partial charge in [0.1, 0.15) is 5.76 Å². The monoisotopic (exact) mass is 393 g/mol. The van der Waals surface area contributed by atoms with Gasteiger partial charge in [-0.2, -0.15) is 0 Å². The molecule has 0 saturated heterocycles. The first-order valence-corrected chi connectivity index (χ1v) is 10.7. The molecule has 0 aliphatic carbocycles. The SMILES string of the molecule is CC(CCc1ccco1)NC(=O)c1ccc2nc(NS(C)(=O)=O)sc2c1. The van der Waals surface area contributed by atoms with E-state index in [-0.39, 0.29) is 17.1 Å². The second-order valence-corrected chi connectivity index (χ2v) is 8.85. The predicted octanol–water partition coefficient (Wildman–Crippen LogP) is 3.01. The summed E-state index contributed by atoms with van der Waals surface area (Å²) >= 11 is 1.19. The average molecular weight is 393 g/mol. The van der Waals surface area contributed by atoms with Crippen LogP contribution in [0, 0.1) is 0 Å². The van der Waals surface area contributed by atoms with E-state index in [4.69, 9.17) is 4.42 Å². The predicted molar refractivity (Wildman–Crippen MR) is 102 cm³/mol. The molecule has 0 aliphatic heterocycles. The number of sulfonamides is 1. The van der Waals surface area contributed by atoms with Gasteiger partial charge in [-0.25, -0.2) is 13.4 Å². The molecule has 9 heteroatoms. The van der Waals surface area contributed by atoms with Crippen LogP contribution in [0.5, 0.6) is 0 Å². The summed E-state index contributed by atoms with van der Waals surface area (Å²) in [5.74, 6) is 0.716. The Hall–Kier alpha value is -2.39. The molecule has 0 saturated carbocycles. The van der Waals surface area contributed by atoms with E-state index in [9.17, 15) is 13.2 Å². The Morgan fingerprint density at radius 1 is 1.35 bits per heavy atom. The first-order valence-electron chi connectivity index (χ1n) is 8.02. The molecule has 7 nitrogen and oxygen atoms in total. The smallest absolute Gasteiger partial charge is 0.251 e. The van der Waals surface area contributed by atoms with Gasteiger partial charge in [-0.05, 0) is 43.7 Å². The molecule has 3 aromatic rings. The number of aryl methyl sites for hydroxylation is 1.